The Labute approximate surface area is 116 Å². The van der Waals surface area contributed by atoms with Gasteiger partial charge in [-0.2, -0.15) is 5.10 Å². The van der Waals surface area contributed by atoms with Gasteiger partial charge >= 0.3 is 0 Å². The third-order valence-electron chi connectivity index (χ3n) is 3.16. The van der Waals surface area contributed by atoms with Gasteiger partial charge in [-0.15, -0.1) is 0 Å². The molecule has 0 bridgehead atoms. The quantitative estimate of drug-likeness (QED) is 0.771. The van der Waals surface area contributed by atoms with E-state index in [2.05, 4.69) is 5.10 Å². The molecule has 0 atom stereocenters. The average molecular weight is 267 g/mol. The van der Waals surface area contributed by atoms with Gasteiger partial charge in [-0.05, 0) is 19.1 Å². The zero-order chi connectivity index (χ0) is 14.1. The maximum atomic E-state index is 13.8. The van der Waals surface area contributed by atoms with Crippen LogP contribution in [0, 0.1) is 12.7 Å². The number of hydrogen-bond acceptors (Lipinski definition) is 2. The van der Waals surface area contributed by atoms with E-state index in [9.17, 15) is 4.39 Å². The maximum Gasteiger partial charge on any atom is 0.148 e. The minimum atomic E-state index is -0.349. The number of anilines is 1. The Morgan fingerprint density at radius 3 is 2.45 bits per heavy atom. The van der Waals surface area contributed by atoms with Crippen LogP contribution in [-0.4, -0.2) is 9.78 Å². The van der Waals surface area contributed by atoms with Crippen LogP contribution < -0.4 is 5.73 Å². The van der Waals surface area contributed by atoms with E-state index < -0.39 is 0 Å². The highest BCUT2D eigenvalue weighted by Crippen LogP contribution is 2.24. The fraction of sp³-hybridized carbons (Fsp3) is 0.0625. The number of aromatic nitrogens is 2. The lowest BCUT2D eigenvalue weighted by Gasteiger charge is -2.04. The van der Waals surface area contributed by atoms with Gasteiger partial charge in [0.2, 0.25) is 0 Å². The maximum absolute atomic E-state index is 13.8. The molecule has 3 nitrogen and oxygen atoms in total. The van der Waals surface area contributed by atoms with Crippen LogP contribution in [0.2, 0.25) is 0 Å². The summed E-state index contributed by atoms with van der Waals surface area (Å²) in [6.07, 6.45) is 0. The van der Waals surface area contributed by atoms with E-state index in [1.54, 1.807) is 24.3 Å². The summed E-state index contributed by atoms with van der Waals surface area (Å²) in [6, 6.07) is 16.1. The number of para-hydroxylation sites is 1. The Balaban J connectivity index is 2.08. The van der Waals surface area contributed by atoms with Crippen molar-refractivity contribution in [2.75, 3.05) is 5.73 Å². The monoisotopic (exact) mass is 267 g/mol. The lowest BCUT2D eigenvalue weighted by atomic mass is 10.1. The minimum absolute atomic E-state index is 0.349. The zero-order valence-corrected chi connectivity index (χ0v) is 11.0. The molecule has 0 aliphatic carbocycles. The van der Waals surface area contributed by atoms with Gasteiger partial charge < -0.3 is 5.73 Å². The summed E-state index contributed by atoms with van der Waals surface area (Å²) in [5.41, 5.74) is 9.15. The number of nitrogens with two attached hydrogens (primary N) is 1. The van der Waals surface area contributed by atoms with Crippen LogP contribution in [-0.2, 0) is 0 Å². The molecule has 0 fully saturated rings. The Hall–Kier alpha value is -2.62. The Morgan fingerprint density at radius 2 is 1.75 bits per heavy atom. The van der Waals surface area contributed by atoms with Gasteiger partial charge in [-0.1, -0.05) is 42.0 Å². The second-order valence-electron chi connectivity index (χ2n) is 4.68. The van der Waals surface area contributed by atoms with E-state index in [0.717, 1.165) is 11.3 Å². The molecule has 0 spiro atoms. The van der Waals surface area contributed by atoms with E-state index in [-0.39, 0.29) is 5.82 Å². The molecule has 100 valence electrons. The molecule has 3 rings (SSSR count). The topological polar surface area (TPSA) is 43.8 Å². The van der Waals surface area contributed by atoms with E-state index in [0.29, 0.717) is 11.5 Å². The van der Waals surface area contributed by atoms with E-state index >= 15 is 0 Å². The summed E-state index contributed by atoms with van der Waals surface area (Å²) in [4.78, 5) is 0. The molecule has 20 heavy (non-hydrogen) atoms. The molecular weight excluding hydrogens is 253 g/mol. The van der Waals surface area contributed by atoms with Crippen LogP contribution in [0.5, 0.6) is 0 Å². The molecule has 1 heterocycles. The van der Waals surface area contributed by atoms with Gasteiger partial charge in [0.05, 0.1) is 5.69 Å². The number of nitrogen functional groups attached to an aromatic ring is 1. The number of benzene rings is 2. The predicted molar refractivity (Wildman–Crippen MR) is 78.1 cm³/mol. The van der Waals surface area contributed by atoms with Crippen molar-refractivity contribution in [3.63, 3.8) is 0 Å². The average Bonchev–Trinajstić information content (AvgIpc) is 2.82. The first kappa shape index (κ1) is 12.4. The van der Waals surface area contributed by atoms with Crippen LogP contribution in [0.4, 0.5) is 10.2 Å². The van der Waals surface area contributed by atoms with Crippen molar-refractivity contribution < 1.29 is 4.39 Å². The molecule has 3 aromatic rings. The second kappa shape index (κ2) is 4.81. The number of hydrogen-bond donors (Lipinski definition) is 1. The first-order valence-corrected chi connectivity index (χ1v) is 6.32. The lowest BCUT2D eigenvalue weighted by molar-refractivity contribution is 0.612. The number of rotatable bonds is 2. The molecule has 4 heteroatoms. The zero-order valence-electron chi connectivity index (χ0n) is 11.0. The highest BCUT2D eigenvalue weighted by atomic mass is 19.1. The number of aryl methyl sites for hydroxylation is 1. The van der Waals surface area contributed by atoms with Crippen molar-refractivity contribution in [1.29, 1.82) is 0 Å². The van der Waals surface area contributed by atoms with Crippen LogP contribution >= 0.6 is 0 Å². The first-order chi connectivity index (χ1) is 9.65. The highest BCUT2D eigenvalue weighted by Gasteiger charge is 2.11. The van der Waals surface area contributed by atoms with E-state index in [4.69, 9.17) is 5.73 Å². The summed E-state index contributed by atoms with van der Waals surface area (Å²) < 4.78 is 15.2. The van der Waals surface area contributed by atoms with Crippen molar-refractivity contribution in [1.82, 2.24) is 9.78 Å². The molecule has 0 radical (unpaired) electrons. The Bertz CT molecular complexity index is 745. The molecule has 0 aliphatic heterocycles. The molecule has 0 unspecified atom stereocenters. The van der Waals surface area contributed by atoms with Crippen LogP contribution in [0.3, 0.4) is 0 Å². The lowest BCUT2D eigenvalue weighted by Crippen LogP contribution is -2.03. The fourth-order valence-electron chi connectivity index (χ4n) is 2.08. The van der Waals surface area contributed by atoms with Gasteiger partial charge in [0.1, 0.15) is 17.3 Å². The highest BCUT2D eigenvalue weighted by molar-refractivity contribution is 5.64. The summed E-state index contributed by atoms with van der Waals surface area (Å²) in [5, 5.41) is 4.39. The molecule has 0 saturated heterocycles. The van der Waals surface area contributed by atoms with Gasteiger partial charge in [0.25, 0.3) is 0 Å². The summed E-state index contributed by atoms with van der Waals surface area (Å²) in [6.45, 7) is 2.02. The van der Waals surface area contributed by atoms with Gasteiger partial charge in [0.15, 0.2) is 0 Å². The third-order valence-corrected chi connectivity index (χ3v) is 3.16. The second-order valence-corrected chi connectivity index (χ2v) is 4.68. The fourth-order valence-corrected chi connectivity index (χ4v) is 2.08. The standard InChI is InChI=1S/C16H14FN3/c1-11-6-8-12(9-7-11)14-10-16(18)20(19-14)15-5-3-2-4-13(15)17/h2-10H,18H2,1H3. The molecule has 1 aromatic heterocycles. The molecule has 2 aromatic carbocycles. The van der Waals surface area contributed by atoms with Crippen molar-refractivity contribution in [3.05, 3.63) is 66.0 Å². The summed E-state index contributed by atoms with van der Waals surface area (Å²) in [7, 11) is 0. The van der Waals surface area contributed by atoms with Crippen LogP contribution in [0.15, 0.2) is 54.6 Å². The predicted octanol–water partition coefficient (Wildman–Crippen LogP) is 3.57. The minimum Gasteiger partial charge on any atom is -0.384 e. The first-order valence-electron chi connectivity index (χ1n) is 6.32. The van der Waals surface area contributed by atoms with E-state index in [1.165, 1.54) is 16.3 Å². The molecule has 2 N–H and O–H groups in total. The normalized spacial score (nSPS) is 10.7. The largest absolute Gasteiger partial charge is 0.384 e. The SMILES string of the molecule is Cc1ccc(-c2cc(N)n(-c3ccccc3F)n2)cc1. The molecule has 0 amide bonds. The van der Waals surface area contributed by atoms with Crippen molar-refractivity contribution in [3.8, 4) is 16.9 Å². The third kappa shape index (κ3) is 2.16. The van der Waals surface area contributed by atoms with Crippen molar-refractivity contribution >= 4 is 5.82 Å². The Kier molecular flexibility index (Phi) is 2.99. The molecule has 0 aliphatic rings. The van der Waals surface area contributed by atoms with Gasteiger partial charge in [-0.25, -0.2) is 9.07 Å². The van der Waals surface area contributed by atoms with Crippen molar-refractivity contribution in [2.45, 2.75) is 6.92 Å². The van der Waals surface area contributed by atoms with E-state index in [1.807, 2.05) is 31.2 Å². The summed E-state index contributed by atoms with van der Waals surface area (Å²) >= 11 is 0. The van der Waals surface area contributed by atoms with Gasteiger partial charge in [-0.3, -0.25) is 0 Å². The van der Waals surface area contributed by atoms with Crippen LogP contribution in [0.1, 0.15) is 5.56 Å². The van der Waals surface area contributed by atoms with Crippen molar-refractivity contribution in [2.24, 2.45) is 0 Å². The number of halogens is 1. The molecular formula is C16H14FN3. The smallest absolute Gasteiger partial charge is 0.148 e. The summed E-state index contributed by atoms with van der Waals surface area (Å²) in [5.74, 6) is 0.0587. The van der Waals surface area contributed by atoms with Crippen LogP contribution in [0.25, 0.3) is 16.9 Å². The van der Waals surface area contributed by atoms with Gasteiger partial charge in [0, 0.05) is 11.6 Å². The molecule has 0 saturated carbocycles. The Morgan fingerprint density at radius 1 is 1.05 bits per heavy atom. The number of nitrogens with zero attached hydrogens (tertiary/aromatic N) is 2.